The molecule has 0 saturated carbocycles. The number of aliphatic hydroxyl groups is 1. The molecule has 1 amide bonds. The van der Waals surface area contributed by atoms with Crippen LogP contribution in [0.15, 0.2) is 47.5 Å². The van der Waals surface area contributed by atoms with Gasteiger partial charge in [-0.1, -0.05) is 23.2 Å². The lowest BCUT2D eigenvalue weighted by molar-refractivity contribution is -0.151. The van der Waals surface area contributed by atoms with Crippen LogP contribution in [0.5, 0.6) is 0 Å². The number of aliphatic hydroxyl groups excluding tert-OH is 1. The van der Waals surface area contributed by atoms with E-state index in [2.05, 4.69) is 15.0 Å². The molecule has 1 aromatic carbocycles. The fourth-order valence-corrected chi connectivity index (χ4v) is 3.63. The maximum atomic E-state index is 12.4. The molecular formula is C17H17Cl2N3O6S. The number of rotatable bonds is 8. The first-order valence-electron chi connectivity index (χ1n) is 8.13. The van der Waals surface area contributed by atoms with Crippen LogP contribution in [0.4, 0.5) is 5.69 Å². The smallest absolute Gasteiger partial charge is 0.327 e. The number of halogens is 2. The molecule has 1 heterocycles. The van der Waals surface area contributed by atoms with E-state index >= 15 is 0 Å². The molecule has 156 valence electrons. The third-order valence-corrected chi connectivity index (χ3v) is 5.53. The lowest BCUT2D eigenvalue weighted by atomic mass is 10.2. The Balaban J connectivity index is 2.01. The molecule has 29 heavy (non-hydrogen) atoms. The summed E-state index contributed by atoms with van der Waals surface area (Å²) in [5.74, 6) is -1.86. The summed E-state index contributed by atoms with van der Waals surface area (Å²) in [6, 6.07) is 6.60. The minimum Gasteiger partial charge on any atom is -0.454 e. The fourth-order valence-electron chi connectivity index (χ4n) is 2.08. The van der Waals surface area contributed by atoms with Gasteiger partial charge in [0.15, 0.2) is 11.8 Å². The molecule has 0 radical (unpaired) electrons. The Hall–Kier alpha value is -2.24. The SMILES string of the molecule is C[C@H](O)[C@@H](NS(=O)(=O)c1ccc(Cl)cc1)C(=O)OCC(=O)Nc1cccnc1Cl. The average molecular weight is 462 g/mol. The van der Waals surface area contributed by atoms with Crippen LogP contribution in [0.1, 0.15) is 6.92 Å². The first-order chi connectivity index (χ1) is 13.6. The summed E-state index contributed by atoms with van der Waals surface area (Å²) in [6.45, 7) is 0.474. The summed E-state index contributed by atoms with van der Waals surface area (Å²) < 4.78 is 31.7. The third kappa shape index (κ3) is 6.65. The molecule has 2 aromatic rings. The highest BCUT2D eigenvalue weighted by molar-refractivity contribution is 7.89. The van der Waals surface area contributed by atoms with Crippen molar-refractivity contribution in [2.24, 2.45) is 0 Å². The molecule has 1 aromatic heterocycles. The maximum absolute atomic E-state index is 12.4. The summed E-state index contributed by atoms with van der Waals surface area (Å²) >= 11 is 11.5. The van der Waals surface area contributed by atoms with E-state index in [1.165, 1.54) is 43.5 Å². The van der Waals surface area contributed by atoms with Gasteiger partial charge in [0.05, 0.1) is 16.7 Å². The topological polar surface area (TPSA) is 135 Å². The second-order valence-electron chi connectivity index (χ2n) is 5.79. The number of nitrogens with one attached hydrogen (secondary N) is 2. The molecule has 3 N–H and O–H groups in total. The molecule has 0 spiro atoms. The lowest BCUT2D eigenvalue weighted by Crippen LogP contribution is -2.48. The van der Waals surface area contributed by atoms with Crippen LogP contribution in [0.25, 0.3) is 0 Å². The van der Waals surface area contributed by atoms with Crippen molar-refractivity contribution < 1.29 is 27.9 Å². The monoisotopic (exact) mass is 461 g/mol. The van der Waals surface area contributed by atoms with Crippen molar-refractivity contribution in [2.75, 3.05) is 11.9 Å². The zero-order valence-corrected chi connectivity index (χ0v) is 17.3. The molecular weight excluding hydrogens is 445 g/mol. The Labute approximate surface area is 177 Å². The first kappa shape index (κ1) is 23.0. The Bertz CT molecular complexity index is 983. The van der Waals surface area contributed by atoms with Gasteiger partial charge in [0, 0.05) is 11.2 Å². The number of esters is 1. The molecule has 2 rings (SSSR count). The van der Waals surface area contributed by atoms with Crippen molar-refractivity contribution >= 4 is 50.8 Å². The Kier molecular flexibility index (Phi) is 7.94. The highest BCUT2D eigenvalue weighted by atomic mass is 35.5. The zero-order chi connectivity index (χ0) is 21.6. The van der Waals surface area contributed by atoms with E-state index in [4.69, 9.17) is 27.9 Å². The molecule has 0 aliphatic carbocycles. The van der Waals surface area contributed by atoms with E-state index in [1.54, 1.807) is 6.07 Å². The first-order valence-corrected chi connectivity index (χ1v) is 10.4. The van der Waals surface area contributed by atoms with Crippen molar-refractivity contribution in [2.45, 2.75) is 24.0 Å². The molecule has 0 saturated heterocycles. The van der Waals surface area contributed by atoms with Crippen LogP contribution in [0.2, 0.25) is 10.2 Å². The second-order valence-corrected chi connectivity index (χ2v) is 8.30. The van der Waals surface area contributed by atoms with Crippen molar-refractivity contribution in [3.63, 3.8) is 0 Å². The number of benzene rings is 1. The van der Waals surface area contributed by atoms with Crippen molar-refractivity contribution in [3.05, 3.63) is 52.8 Å². The molecule has 0 aliphatic rings. The number of hydrogen-bond donors (Lipinski definition) is 3. The largest absolute Gasteiger partial charge is 0.454 e. The van der Waals surface area contributed by atoms with Crippen molar-refractivity contribution in [1.29, 1.82) is 0 Å². The number of carbonyl (C=O) groups is 2. The van der Waals surface area contributed by atoms with Crippen LogP contribution >= 0.6 is 23.2 Å². The number of hydrogen-bond acceptors (Lipinski definition) is 7. The van der Waals surface area contributed by atoms with E-state index in [0.717, 1.165) is 0 Å². The predicted octanol–water partition coefficient (Wildman–Crippen LogP) is 1.60. The van der Waals surface area contributed by atoms with E-state index in [1.807, 2.05) is 0 Å². The lowest BCUT2D eigenvalue weighted by Gasteiger charge is -2.20. The van der Waals surface area contributed by atoms with Crippen molar-refractivity contribution in [3.8, 4) is 0 Å². The number of sulfonamides is 1. The van der Waals surface area contributed by atoms with Gasteiger partial charge < -0.3 is 15.2 Å². The number of anilines is 1. The van der Waals surface area contributed by atoms with Gasteiger partial charge in [-0.05, 0) is 43.3 Å². The number of nitrogens with zero attached hydrogens (tertiary/aromatic N) is 1. The van der Waals surface area contributed by atoms with Gasteiger partial charge >= 0.3 is 5.97 Å². The average Bonchev–Trinajstić information content (AvgIpc) is 2.66. The van der Waals surface area contributed by atoms with Gasteiger partial charge in [-0.2, -0.15) is 4.72 Å². The minimum atomic E-state index is -4.15. The van der Waals surface area contributed by atoms with Crippen LogP contribution in [0.3, 0.4) is 0 Å². The van der Waals surface area contributed by atoms with Crippen LogP contribution in [-0.4, -0.2) is 49.1 Å². The van der Waals surface area contributed by atoms with Crippen molar-refractivity contribution in [1.82, 2.24) is 9.71 Å². The quantitative estimate of drug-likeness (QED) is 0.401. The molecule has 0 fully saturated rings. The standard InChI is InChI=1S/C17H17Cl2N3O6S/c1-10(23)15(22-29(26,27)12-6-4-11(18)5-7-12)17(25)28-9-14(24)21-13-3-2-8-20-16(13)19/h2-8,10,15,22-23H,9H2,1H3,(H,21,24)/t10-,15+/m0/s1. The van der Waals surface area contributed by atoms with E-state index in [0.29, 0.717) is 5.02 Å². The molecule has 0 unspecified atom stereocenters. The molecule has 0 aliphatic heterocycles. The highest BCUT2D eigenvalue weighted by Crippen LogP contribution is 2.17. The number of pyridine rings is 1. The normalized spacial score (nSPS) is 13.4. The van der Waals surface area contributed by atoms with Gasteiger partial charge in [-0.15, -0.1) is 0 Å². The zero-order valence-electron chi connectivity index (χ0n) is 15.0. The maximum Gasteiger partial charge on any atom is 0.327 e. The molecule has 2 atom stereocenters. The van der Waals surface area contributed by atoms with E-state index in [9.17, 15) is 23.1 Å². The Morgan fingerprint density at radius 1 is 1.21 bits per heavy atom. The fraction of sp³-hybridized carbons (Fsp3) is 0.235. The summed E-state index contributed by atoms with van der Waals surface area (Å²) in [4.78, 5) is 27.8. The molecule has 12 heteroatoms. The number of aromatic nitrogens is 1. The summed E-state index contributed by atoms with van der Waals surface area (Å²) in [6.07, 6.45) is -0.00157. The van der Waals surface area contributed by atoms with Gasteiger partial charge in [0.2, 0.25) is 10.0 Å². The minimum absolute atomic E-state index is 0.0461. The Morgan fingerprint density at radius 3 is 2.45 bits per heavy atom. The third-order valence-electron chi connectivity index (χ3n) is 3.52. The van der Waals surface area contributed by atoms with Crippen LogP contribution in [0, 0.1) is 0 Å². The highest BCUT2D eigenvalue weighted by Gasteiger charge is 2.31. The molecule has 0 bridgehead atoms. The van der Waals surface area contributed by atoms with Gasteiger partial charge in [0.1, 0.15) is 6.04 Å². The van der Waals surface area contributed by atoms with Crippen LogP contribution in [-0.2, 0) is 24.3 Å². The summed E-state index contributed by atoms with van der Waals surface area (Å²) in [7, 11) is -4.15. The number of amides is 1. The van der Waals surface area contributed by atoms with Gasteiger partial charge in [0.25, 0.3) is 5.91 Å². The number of carbonyl (C=O) groups excluding carboxylic acids is 2. The summed E-state index contributed by atoms with van der Waals surface area (Å²) in [5.41, 5.74) is 0.214. The second kappa shape index (κ2) is 9.99. The molecule has 9 nitrogen and oxygen atoms in total. The number of ether oxygens (including phenoxy) is 1. The predicted molar refractivity (Wildman–Crippen MR) is 106 cm³/mol. The van der Waals surface area contributed by atoms with Crippen LogP contribution < -0.4 is 10.0 Å². The van der Waals surface area contributed by atoms with Gasteiger partial charge in [-0.25, -0.2) is 13.4 Å². The summed E-state index contributed by atoms with van der Waals surface area (Å²) in [5, 5.41) is 12.6. The van der Waals surface area contributed by atoms with E-state index in [-0.39, 0.29) is 15.7 Å². The van der Waals surface area contributed by atoms with Gasteiger partial charge in [-0.3, -0.25) is 9.59 Å². The Morgan fingerprint density at radius 2 is 1.86 bits per heavy atom. The van der Waals surface area contributed by atoms with E-state index < -0.39 is 40.7 Å².